The summed E-state index contributed by atoms with van der Waals surface area (Å²) >= 11 is 4.15. The Balaban J connectivity index is 3.10. The number of phenolic OH excluding ortho intramolecular Hbond substituents is 1. The van der Waals surface area contributed by atoms with Gasteiger partial charge in [0, 0.05) is 19.1 Å². The molecule has 0 aliphatic rings. The van der Waals surface area contributed by atoms with E-state index in [-0.39, 0.29) is 36.7 Å². The Morgan fingerprint density at radius 1 is 0.600 bits per heavy atom. The van der Waals surface area contributed by atoms with Gasteiger partial charge in [-0.3, -0.25) is 52.7 Å². The Kier molecular flexibility index (Phi) is 26.0. The molecule has 0 heterocycles. The largest absolute Gasteiger partial charge is 0.508 e. The molecule has 0 aliphatic heterocycles. The van der Waals surface area contributed by atoms with Crippen molar-refractivity contribution in [1.29, 1.82) is 0 Å². The molecule has 0 unspecified atom stereocenters. The third kappa shape index (κ3) is 22.0. The van der Waals surface area contributed by atoms with E-state index in [9.17, 15) is 72.9 Å². The molecule has 1 aromatic rings. The highest BCUT2D eigenvalue weighted by Crippen LogP contribution is 2.14. The van der Waals surface area contributed by atoms with E-state index in [0.717, 1.165) is 0 Å². The second kappa shape index (κ2) is 29.8. The molecule has 1 rings (SSSR count). The van der Waals surface area contributed by atoms with Gasteiger partial charge in [0.05, 0.1) is 19.4 Å². The molecule has 10 amide bonds. The molecule has 390 valence electrons. The predicted molar refractivity (Wildman–Crippen MR) is 253 cm³/mol. The number of amides is 10. The van der Waals surface area contributed by atoms with Crippen molar-refractivity contribution in [3.63, 3.8) is 0 Å². The van der Waals surface area contributed by atoms with Crippen LogP contribution in [0, 0.1) is 17.8 Å². The lowest BCUT2D eigenvalue weighted by Crippen LogP contribution is -2.62. The summed E-state index contributed by atoms with van der Waals surface area (Å²) in [5.74, 6) is -13.9. The van der Waals surface area contributed by atoms with Crippen LogP contribution in [0.25, 0.3) is 0 Å². The number of carboxylic acids is 2. The molecule has 26 heteroatoms. The average Bonchev–Trinajstić information content (AvgIpc) is 3.26. The summed E-state index contributed by atoms with van der Waals surface area (Å²) in [5, 5.41) is 50.0. The number of aromatic hydroxyl groups is 1. The van der Waals surface area contributed by atoms with Crippen LogP contribution < -0.4 is 53.6 Å². The van der Waals surface area contributed by atoms with Crippen molar-refractivity contribution >= 4 is 83.6 Å². The van der Waals surface area contributed by atoms with Crippen molar-refractivity contribution in [3.8, 4) is 5.75 Å². The monoisotopic (exact) mass is 1010 g/mol. The van der Waals surface area contributed by atoms with E-state index in [0.29, 0.717) is 5.56 Å². The van der Waals surface area contributed by atoms with Crippen LogP contribution in [0.15, 0.2) is 24.3 Å². The van der Waals surface area contributed by atoms with Crippen molar-refractivity contribution < 1.29 is 72.9 Å². The van der Waals surface area contributed by atoms with Gasteiger partial charge in [-0.05, 0) is 48.8 Å². The predicted octanol–water partition coefficient (Wildman–Crippen LogP) is -2.92. The lowest BCUT2D eigenvalue weighted by molar-refractivity contribution is -0.144. The van der Waals surface area contributed by atoms with Crippen LogP contribution in [-0.4, -0.2) is 147 Å². The number of carbonyl (C=O) groups excluding carboxylic acids is 10. The van der Waals surface area contributed by atoms with E-state index in [1.807, 2.05) is 0 Å². The summed E-state index contributed by atoms with van der Waals surface area (Å²) in [6.45, 7) is 11.6. The van der Waals surface area contributed by atoms with Gasteiger partial charge in [0.1, 0.15) is 54.1 Å². The number of nitrogens with one attached hydrogen (secondary N) is 9. The number of thiol groups is 1. The van der Waals surface area contributed by atoms with Crippen LogP contribution in [0.2, 0.25) is 0 Å². The van der Waals surface area contributed by atoms with E-state index >= 15 is 0 Å². The average molecular weight is 1010 g/mol. The molecule has 25 nitrogen and oxygen atoms in total. The third-order valence-corrected chi connectivity index (χ3v) is 10.9. The summed E-state index contributed by atoms with van der Waals surface area (Å²) in [6, 6.07) is -5.63. The zero-order chi connectivity index (χ0) is 53.6. The first-order chi connectivity index (χ1) is 32.6. The first kappa shape index (κ1) is 61.0. The fourth-order valence-electron chi connectivity index (χ4n) is 6.49. The number of phenols is 1. The summed E-state index contributed by atoms with van der Waals surface area (Å²) in [6.07, 6.45) is -1.60. The van der Waals surface area contributed by atoms with Gasteiger partial charge in [-0.2, -0.15) is 12.6 Å². The van der Waals surface area contributed by atoms with E-state index in [4.69, 9.17) is 5.73 Å². The highest BCUT2D eigenvalue weighted by atomic mass is 32.1. The Labute approximate surface area is 410 Å². The quantitative estimate of drug-likeness (QED) is 0.0344. The SMILES string of the molecule is CC[C@@H](C)[C@H](NC(=O)[C@@H](NC(=O)[C@H](CS)NC(=O)CNC(=O)[C@H](C)NC(=O)[C@H](Cc1ccc(O)cc1)NC(C)=O)C(C)C)C(=O)N[C@@H](CC(N)=O)C(=O)N[C@@H](CC(=O)O)C(=O)N[C@@H](CC(C)C)C(=O)O. The molecule has 1 aromatic carbocycles. The number of aliphatic carboxylic acids is 2. The molecule has 14 N–H and O–H groups in total. The maximum absolute atomic E-state index is 13.8. The molecule has 0 spiro atoms. The standard InChI is InChI=1S/C44H68N10O15S/c1-9-22(6)36(43(67)51-28(16-32(45)57)39(63)50-29(17-34(59)60)40(64)52-30(44(68)69)14-20(2)3)54-42(66)35(21(4)5)53-41(65)31(19-70)49-33(58)18-46-37(61)23(7)47-38(62)27(48-24(8)55)15-25-10-12-26(56)13-11-25/h10-13,20-23,27-31,35-36,56,70H,9,14-19H2,1-8H3,(H2,45,57)(H,46,61)(H,47,62)(H,48,55)(H,49,58)(H,50,63)(H,51,67)(H,52,64)(H,53,65)(H,54,66)(H,59,60)(H,68,69)/t22-,23+,27+,28+,29+,30+,31+,35+,36+/m1/s1. The molecule has 0 radical (unpaired) electrons. The molecular weight excluding hydrogens is 941 g/mol. The van der Waals surface area contributed by atoms with E-state index in [1.54, 1.807) is 53.7 Å². The van der Waals surface area contributed by atoms with Crippen molar-refractivity contribution in [2.75, 3.05) is 12.3 Å². The zero-order valence-electron chi connectivity index (χ0n) is 40.4. The number of nitrogens with two attached hydrogens (primary N) is 1. The number of benzene rings is 1. The van der Waals surface area contributed by atoms with E-state index in [2.05, 4.69) is 60.5 Å². The fourth-order valence-corrected chi connectivity index (χ4v) is 6.75. The number of primary amides is 1. The van der Waals surface area contributed by atoms with Crippen LogP contribution in [0.4, 0.5) is 0 Å². The van der Waals surface area contributed by atoms with Gasteiger partial charge in [0.15, 0.2) is 0 Å². The highest BCUT2D eigenvalue weighted by molar-refractivity contribution is 7.80. The molecule has 0 aliphatic carbocycles. The molecule has 0 saturated heterocycles. The van der Waals surface area contributed by atoms with Crippen LogP contribution in [0.3, 0.4) is 0 Å². The molecule has 9 atom stereocenters. The molecule has 0 saturated carbocycles. The van der Waals surface area contributed by atoms with Crippen LogP contribution in [0.5, 0.6) is 5.75 Å². The van der Waals surface area contributed by atoms with Gasteiger partial charge < -0.3 is 68.9 Å². The summed E-state index contributed by atoms with van der Waals surface area (Å²) in [7, 11) is 0. The Bertz CT molecular complexity index is 2060. The smallest absolute Gasteiger partial charge is 0.326 e. The Morgan fingerprint density at radius 2 is 1.10 bits per heavy atom. The number of hydrogen-bond donors (Lipinski definition) is 14. The van der Waals surface area contributed by atoms with Gasteiger partial charge in [0.25, 0.3) is 0 Å². The fraction of sp³-hybridized carbons (Fsp3) is 0.591. The minimum absolute atomic E-state index is 0.00149. The van der Waals surface area contributed by atoms with Gasteiger partial charge in [-0.25, -0.2) is 4.79 Å². The van der Waals surface area contributed by atoms with Crippen LogP contribution in [0.1, 0.15) is 86.6 Å². The van der Waals surface area contributed by atoms with E-state index < -0.39 is 151 Å². The topological polar surface area (TPSA) is 400 Å². The molecule has 0 bridgehead atoms. The summed E-state index contributed by atoms with van der Waals surface area (Å²) in [4.78, 5) is 154. The minimum atomic E-state index is -1.86. The van der Waals surface area contributed by atoms with Crippen molar-refractivity contribution in [1.82, 2.24) is 47.9 Å². The minimum Gasteiger partial charge on any atom is -0.508 e. The normalized spacial score (nSPS) is 14.8. The molecule has 0 fully saturated rings. The lowest BCUT2D eigenvalue weighted by atomic mass is 9.96. The zero-order valence-corrected chi connectivity index (χ0v) is 41.3. The molecule has 0 aromatic heterocycles. The van der Waals surface area contributed by atoms with Gasteiger partial charge >= 0.3 is 11.9 Å². The van der Waals surface area contributed by atoms with Crippen molar-refractivity contribution in [2.24, 2.45) is 23.5 Å². The van der Waals surface area contributed by atoms with Gasteiger partial charge in [0.2, 0.25) is 59.1 Å². The third-order valence-electron chi connectivity index (χ3n) is 10.5. The summed E-state index contributed by atoms with van der Waals surface area (Å²) < 4.78 is 0. The lowest BCUT2D eigenvalue weighted by Gasteiger charge is -2.30. The van der Waals surface area contributed by atoms with Gasteiger partial charge in [-0.1, -0.05) is 60.1 Å². The highest BCUT2D eigenvalue weighted by Gasteiger charge is 2.37. The van der Waals surface area contributed by atoms with Crippen molar-refractivity contribution in [2.45, 2.75) is 136 Å². The number of rotatable bonds is 30. The number of carboxylic acid groups (broad SMARTS) is 2. The van der Waals surface area contributed by atoms with Crippen LogP contribution >= 0.6 is 12.6 Å². The maximum Gasteiger partial charge on any atom is 0.326 e. The summed E-state index contributed by atoms with van der Waals surface area (Å²) in [5.41, 5.74) is 5.96. The number of hydrogen-bond acceptors (Lipinski definition) is 14. The second-order valence-electron chi connectivity index (χ2n) is 17.4. The van der Waals surface area contributed by atoms with E-state index in [1.165, 1.54) is 26.0 Å². The maximum atomic E-state index is 13.8. The molecule has 70 heavy (non-hydrogen) atoms. The number of carbonyl (C=O) groups is 12. The first-order valence-corrected chi connectivity index (χ1v) is 23.0. The Hall–Kier alpha value is -6.99. The first-order valence-electron chi connectivity index (χ1n) is 22.4. The van der Waals surface area contributed by atoms with Gasteiger partial charge in [-0.15, -0.1) is 0 Å². The molecular formula is C44H68N10O15S. The van der Waals surface area contributed by atoms with Crippen LogP contribution in [-0.2, 0) is 64.0 Å². The second-order valence-corrected chi connectivity index (χ2v) is 17.8. The Morgan fingerprint density at radius 3 is 1.59 bits per heavy atom. The van der Waals surface area contributed by atoms with Crippen molar-refractivity contribution in [3.05, 3.63) is 29.8 Å².